The van der Waals surface area contributed by atoms with Gasteiger partial charge in [0.15, 0.2) is 0 Å². The maximum Gasteiger partial charge on any atom is 0.223 e. The van der Waals surface area contributed by atoms with E-state index in [0.29, 0.717) is 0 Å². The Morgan fingerprint density at radius 3 is 2.78 bits per heavy atom. The van der Waals surface area contributed by atoms with Gasteiger partial charge in [-0.1, -0.05) is 19.4 Å². The first kappa shape index (κ1) is 17.9. The number of likely N-dealkylation sites (N-methyl/N-ethyl adjacent to an activating group) is 1. The lowest BCUT2D eigenvalue weighted by atomic mass is 9.99. The van der Waals surface area contributed by atoms with Crippen molar-refractivity contribution in [2.75, 3.05) is 38.5 Å². The fourth-order valence-corrected chi connectivity index (χ4v) is 3.76. The highest BCUT2D eigenvalue weighted by Crippen LogP contribution is 2.26. The number of aliphatic imine (C=N–C) groups is 2. The predicted octanol–water partition coefficient (Wildman–Crippen LogP) is 1.31. The average molecular weight is 368 g/mol. The Labute approximate surface area is 160 Å². The lowest BCUT2D eigenvalue weighted by Gasteiger charge is -2.34. The van der Waals surface area contributed by atoms with Gasteiger partial charge in [0.05, 0.1) is 5.71 Å². The summed E-state index contributed by atoms with van der Waals surface area (Å²) in [6.45, 7) is 7.98. The minimum absolute atomic E-state index is 0.00122. The summed E-state index contributed by atoms with van der Waals surface area (Å²) < 4.78 is 0. The Morgan fingerprint density at radius 2 is 2.07 bits per heavy atom. The molecule has 3 aliphatic heterocycles. The molecule has 0 bridgehead atoms. The quantitative estimate of drug-likeness (QED) is 0.841. The highest BCUT2D eigenvalue weighted by Gasteiger charge is 2.42. The minimum Gasteiger partial charge on any atom is -0.339 e. The van der Waals surface area contributed by atoms with E-state index in [1.165, 1.54) is 0 Å². The summed E-state index contributed by atoms with van der Waals surface area (Å²) >= 11 is 0. The number of aromatic nitrogens is 1. The maximum atomic E-state index is 5.02. The summed E-state index contributed by atoms with van der Waals surface area (Å²) in [4.78, 5) is 16.7. The van der Waals surface area contributed by atoms with Crippen LogP contribution < -0.4 is 10.6 Å². The first-order chi connectivity index (χ1) is 13.2. The molecule has 8 heteroatoms. The van der Waals surface area contributed by atoms with E-state index in [1.807, 2.05) is 31.2 Å². The van der Waals surface area contributed by atoms with Crippen LogP contribution in [0.25, 0.3) is 0 Å². The van der Waals surface area contributed by atoms with Gasteiger partial charge in [-0.25, -0.2) is 9.98 Å². The lowest BCUT2D eigenvalue weighted by molar-refractivity contribution is 0.321. The molecule has 1 saturated heterocycles. The molecule has 0 aliphatic carbocycles. The molecule has 144 valence electrons. The fourth-order valence-electron chi connectivity index (χ4n) is 3.76. The van der Waals surface area contributed by atoms with Crippen LogP contribution >= 0.6 is 0 Å². The van der Waals surface area contributed by atoms with E-state index in [1.54, 1.807) is 0 Å². The number of aryl methyl sites for hydroxylation is 1. The van der Waals surface area contributed by atoms with Gasteiger partial charge >= 0.3 is 0 Å². The van der Waals surface area contributed by atoms with E-state index in [2.05, 4.69) is 33.5 Å². The number of guanidine groups is 1. The van der Waals surface area contributed by atoms with Gasteiger partial charge in [-0.3, -0.25) is 5.01 Å². The number of hydrogen-bond donors (Lipinski definition) is 2. The number of fused-ring (bicyclic) bond motifs is 1. The Balaban J connectivity index is 1.65. The van der Waals surface area contributed by atoms with Crippen molar-refractivity contribution in [2.24, 2.45) is 15.1 Å². The molecule has 4 rings (SSSR count). The predicted molar refractivity (Wildman–Crippen MR) is 110 cm³/mol. The second-order valence-corrected chi connectivity index (χ2v) is 7.31. The van der Waals surface area contributed by atoms with Crippen molar-refractivity contribution in [3.8, 4) is 0 Å². The van der Waals surface area contributed by atoms with Gasteiger partial charge in [-0.05, 0) is 25.0 Å². The Kier molecular flexibility index (Phi) is 5.07. The summed E-state index contributed by atoms with van der Waals surface area (Å²) in [5.41, 5.74) is 2.28. The third-order valence-corrected chi connectivity index (χ3v) is 5.16. The monoisotopic (exact) mass is 368 g/mol. The number of rotatable bonds is 3. The van der Waals surface area contributed by atoms with Crippen LogP contribution in [-0.2, 0) is 0 Å². The minimum atomic E-state index is 0.00122. The number of anilines is 1. The number of nitrogens with zero attached hydrogens (tertiary/aromatic N) is 6. The zero-order chi connectivity index (χ0) is 18.8. The molecule has 0 saturated carbocycles. The van der Waals surface area contributed by atoms with Crippen molar-refractivity contribution in [1.29, 1.82) is 0 Å². The molecule has 8 nitrogen and oxygen atoms in total. The Hall–Kier alpha value is -2.48. The van der Waals surface area contributed by atoms with Gasteiger partial charge in [-0.2, -0.15) is 10.1 Å². The first-order valence-corrected chi connectivity index (χ1v) is 9.77. The van der Waals surface area contributed by atoms with Crippen LogP contribution in [0.1, 0.15) is 25.3 Å². The molecule has 0 spiro atoms. The number of piperazine rings is 1. The first-order valence-electron chi connectivity index (χ1n) is 9.77. The number of hydrazone groups is 1. The van der Waals surface area contributed by atoms with Gasteiger partial charge in [0.1, 0.15) is 23.7 Å². The molecule has 1 aromatic heterocycles. The molecule has 0 amide bonds. The van der Waals surface area contributed by atoms with E-state index in [4.69, 9.17) is 15.1 Å². The van der Waals surface area contributed by atoms with E-state index >= 15 is 0 Å². The van der Waals surface area contributed by atoms with Crippen LogP contribution in [0.4, 0.5) is 5.82 Å². The summed E-state index contributed by atoms with van der Waals surface area (Å²) in [5.74, 6) is 2.49. The van der Waals surface area contributed by atoms with Crippen molar-refractivity contribution in [1.82, 2.24) is 20.2 Å². The number of nitrogens with one attached hydrogen (secondary N) is 2. The Bertz CT molecular complexity index is 760. The normalized spacial score (nSPS) is 24.9. The molecule has 2 N–H and O–H groups in total. The van der Waals surface area contributed by atoms with Gasteiger partial charge < -0.3 is 15.5 Å². The third-order valence-electron chi connectivity index (χ3n) is 5.16. The smallest absolute Gasteiger partial charge is 0.223 e. The van der Waals surface area contributed by atoms with Crippen LogP contribution in [0, 0.1) is 6.92 Å². The lowest BCUT2D eigenvalue weighted by Crippen LogP contribution is -2.52. The molecule has 1 aromatic rings. The van der Waals surface area contributed by atoms with Crippen molar-refractivity contribution in [2.45, 2.75) is 38.8 Å². The number of amidine groups is 1. The van der Waals surface area contributed by atoms with E-state index in [-0.39, 0.29) is 12.1 Å². The third kappa shape index (κ3) is 3.66. The SMILES string of the molecule is CCCC1=NN(C)C2C(Nc3ccc(C)cn3)=NC(N3CCNCC3)=NC12. The van der Waals surface area contributed by atoms with Gasteiger partial charge in [0, 0.05) is 39.4 Å². The van der Waals surface area contributed by atoms with E-state index < -0.39 is 0 Å². The molecule has 27 heavy (non-hydrogen) atoms. The second-order valence-electron chi connectivity index (χ2n) is 7.31. The molecule has 2 unspecified atom stereocenters. The zero-order valence-electron chi connectivity index (χ0n) is 16.3. The van der Waals surface area contributed by atoms with Crippen LogP contribution in [0.15, 0.2) is 33.4 Å². The fraction of sp³-hybridized carbons (Fsp3) is 0.579. The van der Waals surface area contributed by atoms with Gasteiger partial charge in [0.25, 0.3) is 0 Å². The molecule has 1 fully saturated rings. The van der Waals surface area contributed by atoms with E-state index in [9.17, 15) is 0 Å². The maximum absolute atomic E-state index is 5.02. The summed E-state index contributed by atoms with van der Waals surface area (Å²) in [5, 5.41) is 13.6. The highest BCUT2D eigenvalue weighted by molar-refractivity contribution is 6.12. The van der Waals surface area contributed by atoms with Gasteiger partial charge in [0.2, 0.25) is 5.96 Å². The largest absolute Gasteiger partial charge is 0.339 e. The summed E-state index contributed by atoms with van der Waals surface area (Å²) in [7, 11) is 2.01. The molecular formula is C19H28N8. The molecule has 0 radical (unpaired) electrons. The van der Waals surface area contributed by atoms with Gasteiger partial charge in [-0.15, -0.1) is 0 Å². The molecule has 0 aromatic carbocycles. The second kappa shape index (κ2) is 7.64. The Morgan fingerprint density at radius 1 is 1.26 bits per heavy atom. The topological polar surface area (TPSA) is 80.5 Å². The average Bonchev–Trinajstić information content (AvgIpc) is 3.00. The van der Waals surface area contributed by atoms with Crippen molar-refractivity contribution >= 4 is 23.3 Å². The van der Waals surface area contributed by atoms with Crippen molar-refractivity contribution in [3.63, 3.8) is 0 Å². The highest BCUT2D eigenvalue weighted by atomic mass is 15.5. The van der Waals surface area contributed by atoms with Crippen molar-refractivity contribution in [3.05, 3.63) is 23.9 Å². The van der Waals surface area contributed by atoms with Crippen LogP contribution in [-0.4, -0.2) is 77.7 Å². The van der Waals surface area contributed by atoms with Crippen LogP contribution in [0.2, 0.25) is 0 Å². The number of pyridine rings is 1. The van der Waals surface area contributed by atoms with E-state index in [0.717, 1.165) is 67.9 Å². The number of hydrogen-bond acceptors (Lipinski definition) is 8. The molecule has 3 aliphatic rings. The molecule has 4 heterocycles. The molecule has 2 atom stereocenters. The van der Waals surface area contributed by atoms with Crippen LogP contribution in [0.3, 0.4) is 0 Å². The zero-order valence-corrected chi connectivity index (χ0v) is 16.3. The van der Waals surface area contributed by atoms with Crippen molar-refractivity contribution < 1.29 is 0 Å². The van der Waals surface area contributed by atoms with Crippen LogP contribution in [0.5, 0.6) is 0 Å². The standard InChI is InChI=1S/C19H28N8/c1-4-5-14-16-17(26(3)25-14)18(22-15-7-6-13(2)12-21-15)24-19(23-16)27-10-8-20-9-11-27/h6-7,12,16-17,20H,4-5,8-11H2,1-3H3,(H,21,22,23,24). The summed E-state index contributed by atoms with van der Waals surface area (Å²) in [6.07, 6.45) is 3.89. The molecular weight excluding hydrogens is 340 g/mol. The summed E-state index contributed by atoms with van der Waals surface area (Å²) in [6, 6.07) is 4.07.